The summed E-state index contributed by atoms with van der Waals surface area (Å²) in [7, 11) is 0. The molecule has 1 aromatic rings. The zero-order valence-electron chi connectivity index (χ0n) is 12.4. The second kappa shape index (κ2) is 5.45. The molecule has 7 heteroatoms. The molecule has 0 amide bonds. The van der Waals surface area contributed by atoms with Gasteiger partial charge in [0.25, 0.3) is 0 Å². The van der Waals surface area contributed by atoms with Crippen molar-refractivity contribution in [1.82, 2.24) is 0 Å². The Hall–Kier alpha value is -1.21. The molecule has 1 fully saturated rings. The number of benzene rings is 1. The number of aryl methyl sites for hydroxylation is 1. The quantitative estimate of drug-likeness (QED) is 0.752. The van der Waals surface area contributed by atoms with Gasteiger partial charge in [-0.3, -0.25) is 0 Å². The van der Waals surface area contributed by atoms with E-state index in [1.165, 1.54) is 0 Å². The van der Waals surface area contributed by atoms with Gasteiger partial charge in [0.2, 0.25) is 0 Å². The Bertz CT molecular complexity index is 526. The van der Waals surface area contributed by atoms with Crippen molar-refractivity contribution in [3.8, 4) is 0 Å². The Morgan fingerprint density at radius 1 is 1.14 bits per heavy atom. The molecule has 1 aliphatic heterocycles. The van der Waals surface area contributed by atoms with Crippen molar-refractivity contribution in [3.63, 3.8) is 0 Å². The van der Waals surface area contributed by atoms with E-state index in [4.69, 9.17) is 4.74 Å². The lowest BCUT2D eigenvalue weighted by molar-refractivity contribution is -0.407. The monoisotopic (exact) mass is 324 g/mol. The highest BCUT2D eigenvalue weighted by Gasteiger charge is 2.62. The average molecular weight is 324 g/mol. The van der Waals surface area contributed by atoms with Gasteiger partial charge in [0, 0.05) is 5.41 Å². The van der Waals surface area contributed by atoms with Crippen LogP contribution in [0.4, 0.5) is 22.0 Å². The number of ether oxygens (including phenoxy) is 2. The Kier molecular flexibility index (Phi) is 4.25. The van der Waals surface area contributed by atoms with E-state index in [0.717, 1.165) is 11.1 Å². The number of halogens is 5. The topological polar surface area (TPSA) is 18.5 Å². The fourth-order valence-corrected chi connectivity index (χ4v) is 2.38. The van der Waals surface area contributed by atoms with E-state index in [1.54, 1.807) is 26.0 Å². The van der Waals surface area contributed by atoms with Gasteiger partial charge in [-0.15, -0.1) is 0 Å². The highest BCUT2D eigenvalue weighted by Crippen LogP contribution is 2.52. The molecule has 0 aliphatic carbocycles. The molecule has 1 aromatic carbocycles. The first-order valence-electron chi connectivity index (χ1n) is 6.78. The molecule has 0 saturated carbocycles. The summed E-state index contributed by atoms with van der Waals surface area (Å²) in [5.41, 5.74) is 0.784. The maximum Gasteiger partial charge on any atom is 0.482 e. The van der Waals surface area contributed by atoms with Crippen LogP contribution in [0.1, 0.15) is 31.1 Å². The summed E-state index contributed by atoms with van der Waals surface area (Å²) < 4.78 is 71.9. The van der Waals surface area contributed by atoms with E-state index in [0.29, 0.717) is 0 Å². The van der Waals surface area contributed by atoms with Crippen LogP contribution in [-0.2, 0) is 9.47 Å². The third-order valence-corrected chi connectivity index (χ3v) is 4.14. The van der Waals surface area contributed by atoms with E-state index in [9.17, 15) is 22.0 Å². The van der Waals surface area contributed by atoms with Crippen LogP contribution < -0.4 is 0 Å². The molecule has 0 spiro atoms. The number of rotatable bonds is 4. The van der Waals surface area contributed by atoms with Crippen molar-refractivity contribution >= 4 is 0 Å². The average Bonchev–Trinajstić information content (AvgIpc) is 2.42. The van der Waals surface area contributed by atoms with Crippen LogP contribution in [0, 0.1) is 12.3 Å². The maximum absolute atomic E-state index is 12.9. The van der Waals surface area contributed by atoms with Crippen LogP contribution in [0.5, 0.6) is 0 Å². The largest absolute Gasteiger partial charge is 0.482 e. The lowest BCUT2D eigenvalue weighted by atomic mass is 9.72. The van der Waals surface area contributed by atoms with Crippen LogP contribution in [-0.4, -0.2) is 25.0 Å². The van der Waals surface area contributed by atoms with Crippen molar-refractivity contribution in [2.75, 3.05) is 6.61 Å². The molecular weight excluding hydrogens is 307 g/mol. The molecule has 22 heavy (non-hydrogen) atoms. The van der Waals surface area contributed by atoms with E-state index in [-0.39, 0.29) is 0 Å². The van der Waals surface area contributed by atoms with Crippen LogP contribution >= 0.6 is 0 Å². The minimum Gasteiger partial charge on any atom is -0.369 e. The van der Waals surface area contributed by atoms with Gasteiger partial charge in [0.15, 0.2) is 0 Å². The zero-order valence-corrected chi connectivity index (χ0v) is 12.4. The van der Waals surface area contributed by atoms with Crippen LogP contribution in [0.25, 0.3) is 0 Å². The van der Waals surface area contributed by atoms with Crippen molar-refractivity contribution < 1.29 is 31.4 Å². The molecule has 3 atom stereocenters. The lowest BCUT2D eigenvalue weighted by Gasteiger charge is -2.52. The lowest BCUT2D eigenvalue weighted by Crippen LogP contribution is -2.55. The second-order valence-electron chi connectivity index (χ2n) is 5.88. The highest BCUT2D eigenvalue weighted by atomic mass is 19.4. The molecule has 2 nitrogen and oxygen atoms in total. The first-order chi connectivity index (χ1) is 9.97. The fourth-order valence-electron chi connectivity index (χ4n) is 2.38. The fraction of sp³-hybridized carbons (Fsp3) is 0.600. The molecule has 124 valence electrons. The summed E-state index contributed by atoms with van der Waals surface area (Å²) in [6.45, 7) is 4.34. The van der Waals surface area contributed by atoms with Crippen molar-refractivity contribution in [3.05, 3.63) is 35.4 Å². The summed E-state index contributed by atoms with van der Waals surface area (Å²) in [6, 6.07) is 7.19. The number of alkyl halides is 5. The minimum absolute atomic E-state index is 0.483. The Morgan fingerprint density at radius 3 is 2.14 bits per heavy atom. The van der Waals surface area contributed by atoms with Crippen molar-refractivity contribution in [1.29, 1.82) is 0 Å². The van der Waals surface area contributed by atoms with E-state index < -0.39 is 36.5 Å². The first kappa shape index (κ1) is 17.1. The highest BCUT2D eigenvalue weighted by molar-refractivity contribution is 5.27. The number of hydrogen-bond acceptors (Lipinski definition) is 2. The molecule has 0 aromatic heterocycles. The summed E-state index contributed by atoms with van der Waals surface area (Å²) in [5.74, 6) is 0. The zero-order chi connectivity index (χ0) is 16.8. The Morgan fingerprint density at radius 2 is 1.68 bits per heavy atom. The van der Waals surface area contributed by atoms with Crippen LogP contribution in [0.2, 0.25) is 0 Å². The molecular formula is C15H17F5O2. The predicted molar refractivity (Wildman–Crippen MR) is 69.5 cm³/mol. The van der Waals surface area contributed by atoms with Crippen molar-refractivity contribution in [2.24, 2.45) is 5.41 Å². The Balaban J connectivity index is 2.12. The summed E-state index contributed by atoms with van der Waals surface area (Å²) in [5, 5.41) is 0. The van der Waals surface area contributed by atoms with E-state index >= 15 is 0 Å². The van der Waals surface area contributed by atoms with Gasteiger partial charge in [-0.1, -0.05) is 36.8 Å². The third kappa shape index (κ3) is 2.96. The predicted octanol–water partition coefficient (Wildman–Crippen LogP) is 4.63. The molecule has 0 N–H and O–H groups in total. The van der Waals surface area contributed by atoms with Gasteiger partial charge in [-0.25, -0.2) is 0 Å². The maximum atomic E-state index is 12.9. The van der Waals surface area contributed by atoms with Gasteiger partial charge in [-0.05, 0) is 19.4 Å². The van der Waals surface area contributed by atoms with Gasteiger partial charge >= 0.3 is 12.3 Å². The third-order valence-electron chi connectivity index (χ3n) is 4.14. The normalized spacial score (nSPS) is 29.3. The van der Waals surface area contributed by atoms with E-state index in [1.807, 2.05) is 19.1 Å². The Labute approximate surface area is 125 Å². The SMILES string of the molecule is Cc1ccc(C2OC(C)C2(C)COC(F)(F)C(F)(F)F)cc1. The summed E-state index contributed by atoms with van der Waals surface area (Å²) in [4.78, 5) is 0. The summed E-state index contributed by atoms with van der Waals surface area (Å²) in [6.07, 6.45) is -11.9. The van der Waals surface area contributed by atoms with Crippen molar-refractivity contribution in [2.45, 2.75) is 45.3 Å². The van der Waals surface area contributed by atoms with Gasteiger partial charge in [0.1, 0.15) is 0 Å². The summed E-state index contributed by atoms with van der Waals surface area (Å²) >= 11 is 0. The number of hydrogen-bond donors (Lipinski definition) is 0. The van der Waals surface area contributed by atoms with E-state index in [2.05, 4.69) is 4.74 Å². The molecule has 1 aliphatic rings. The molecule has 1 heterocycles. The smallest absolute Gasteiger partial charge is 0.369 e. The van der Waals surface area contributed by atoms with Crippen LogP contribution in [0.15, 0.2) is 24.3 Å². The first-order valence-corrected chi connectivity index (χ1v) is 6.78. The van der Waals surface area contributed by atoms with Gasteiger partial charge in [0.05, 0.1) is 18.8 Å². The molecule has 0 bridgehead atoms. The molecule has 3 unspecified atom stereocenters. The minimum atomic E-state index is -5.73. The molecule has 0 radical (unpaired) electrons. The second-order valence-corrected chi connectivity index (χ2v) is 5.88. The standard InChI is InChI=1S/C15H17F5O2/c1-9-4-6-11(7-5-9)12-13(3,10(2)22-12)8-21-15(19,20)14(16,17)18/h4-7,10,12H,8H2,1-3H3. The molecule has 1 saturated heterocycles. The van der Waals surface area contributed by atoms with Gasteiger partial charge < -0.3 is 9.47 Å². The molecule has 2 rings (SSSR count). The van der Waals surface area contributed by atoms with Gasteiger partial charge in [-0.2, -0.15) is 22.0 Å². The van der Waals surface area contributed by atoms with Crippen LogP contribution in [0.3, 0.4) is 0 Å².